The summed E-state index contributed by atoms with van der Waals surface area (Å²) in [6, 6.07) is 7.87. The van der Waals surface area contributed by atoms with Crippen LogP contribution in [0.5, 0.6) is 0 Å². The molecule has 0 aliphatic heterocycles. The van der Waals surface area contributed by atoms with Crippen LogP contribution < -0.4 is 5.32 Å². The molecular formula is C19H25N5O2. The van der Waals surface area contributed by atoms with E-state index in [-0.39, 0.29) is 12.6 Å². The third kappa shape index (κ3) is 3.71. The lowest BCUT2D eigenvalue weighted by molar-refractivity contribution is 0.213. The second kappa shape index (κ2) is 7.59. The lowest BCUT2D eigenvalue weighted by Crippen LogP contribution is -2.30. The molecule has 1 N–H and O–H groups in total. The molecule has 0 radical (unpaired) electrons. The van der Waals surface area contributed by atoms with E-state index in [0.717, 1.165) is 30.5 Å². The van der Waals surface area contributed by atoms with Crippen molar-refractivity contribution >= 4 is 22.6 Å². The molecule has 3 aromatic rings. The summed E-state index contributed by atoms with van der Waals surface area (Å²) in [4.78, 5) is 18.2. The summed E-state index contributed by atoms with van der Waals surface area (Å²) in [7, 11) is 1.70. The van der Waals surface area contributed by atoms with Gasteiger partial charge in [-0.15, -0.1) is 0 Å². The maximum Gasteiger partial charge on any atom is 0.322 e. The summed E-state index contributed by atoms with van der Waals surface area (Å²) in [5, 5.41) is 7.95. The van der Waals surface area contributed by atoms with Gasteiger partial charge in [0.15, 0.2) is 5.82 Å². The normalized spacial score (nSPS) is 11.1. The third-order valence-electron chi connectivity index (χ3n) is 4.38. The minimum absolute atomic E-state index is 0.216. The number of rotatable bonds is 6. The zero-order valence-electron chi connectivity index (χ0n) is 15.7. The molecule has 0 unspecified atom stereocenters. The number of hydrogen-bond acceptors (Lipinski definition) is 4. The van der Waals surface area contributed by atoms with Gasteiger partial charge in [-0.2, -0.15) is 4.98 Å². The van der Waals surface area contributed by atoms with Crippen molar-refractivity contribution in [2.45, 2.75) is 46.7 Å². The zero-order valence-corrected chi connectivity index (χ0v) is 15.7. The standard InChI is InChI=1S/C19H25N5O2/c1-5-7-17-21-18(26-22-17)12-23(4)19(25)20-15-8-9-16-14(11-15)10-13(3)24(16)6-2/h8-11H,5-7,12H2,1-4H3,(H,20,25). The Labute approximate surface area is 153 Å². The minimum atomic E-state index is -0.216. The lowest BCUT2D eigenvalue weighted by Gasteiger charge is -2.16. The van der Waals surface area contributed by atoms with Crippen molar-refractivity contribution in [3.63, 3.8) is 0 Å². The van der Waals surface area contributed by atoms with Crippen molar-refractivity contribution < 1.29 is 9.32 Å². The Hall–Kier alpha value is -2.83. The smallest absolute Gasteiger partial charge is 0.322 e. The number of aromatic nitrogens is 3. The number of aryl methyl sites for hydroxylation is 3. The SMILES string of the molecule is CCCc1noc(CN(C)C(=O)Nc2ccc3c(c2)cc(C)n3CC)n1. The van der Waals surface area contributed by atoms with Gasteiger partial charge in [0, 0.05) is 42.3 Å². The van der Waals surface area contributed by atoms with E-state index in [1.165, 1.54) is 16.1 Å². The molecule has 1 aromatic carbocycles. The van der Waals surface area contributed by atoms with Crippen LogP contribution in [0.2, 0.25) is 0 Å². The van der Waals surface area contributed by atoms with E-state index in [4.69, 9.17) is 4.52 Å². The van der Waals surface area contributed by atoms with E-state index in [2.05, 4.69) is 46.9 Å². The number of carbonyl (C=O) groups is 1. The Bertz CT molecular complexity index is 912. The van der Waals surface area contributed by atoms with E-state index < -0.39 is 0 Å². The molecule has 0 atom stereocenters. The van der Waals surface area contributed by atoms with Gasteiger partial charge in [-0.1, -0.05) is 12.1 Å². The molecule has 0 spiro atoms. The van der Waals surface area contributed by atoms with Crippen molar-refractivity contribution in [3.05, 3.63) is 41.7 Å². The Morgan fingerprint density at radius 1 is 1.31 bits per heavy atom. The van der Waals surface area contributed by atoms with Crippen molar-refractivity contribution in [2.24, 2.45) is 0 Å². The van der Waals surface area contributed by atoms with Crippen LogP contribution in [0.25, 0.3) is 10.9 Å². The van der Waals surface area contributed by atoms with Crippen LogP contribution in [-0.4, -0.2) is 32.7 Å². The van der Waals surface area contributed by atoms with Gasteiger partial charge in [0.25, 0.3) is 0 Å². The van der Waals surface area contributed by atoms with Gasteiger partial charge in [0.05, 0.1) is 0 Å². The van der Waals surface area contributed by atoms with Gasteiger partial charge in [-0.05, 0) is 44.5 Å². The topological polar surface area (TPSA) is 76.2 Å². The predicted molar refractivity (Wildman–Crippen MR) is 101 cm³/mol. The molecule has 26 heavy (non-hydrogen) atoms. The summed E-state index contributed by atoms with van der Waals surface area (Å²) >= 11 is 0. The van der Waals surface area contributed by atoms with Gasteiger partial charge in [0.1, 0.15) is 6.54 Å². The molecule has 0 bridgehead atoms. The van der Waals surface area contributed by atoms with Crippen LogP contribution in [0.15, 0.2) is 28.8 Å². The number of benzene rings is 1. The minimum Gasteiger partial charge on any atom is -0.345 e. The Morgan fingerprint density at radius 3 is 2.85 bits per heavy atom. The number of anilines is 1. The largest absolute Gasteiger partial charge is 0.345 e. The van der Waals surface area contributed by atoms with Gasteiger partial charge in [-0.3, -0.25) is 0 Å². The highest BCUT2D eigenvalue weighted by molar-refractivity contribution is 5.93. The van der Waals surface area contributed by atoms with E-state index in [0.29, 0.717) is 11.7 Å². The van der Waals surface area contributed by atoms with Crippen molar-refractivity contribution in [1.82, 2.24) is 19.6 Å². The Balaban J connectivity index is 1.67. The first-order valence-electron chi connectivity index (χ1n) is 8.95. The fourth-order valence-corrected chi connectivity index (χ4v) is 3.08. The Morgan fingerprint density at radius 2 is 2.12 bits per heavy atom. The van der Waals surface area contributed by atoms with Crippen LogP contribution in [0.1, 0.15) is 37.7 Å². The summed E-state index contributed by atoms with van der Waals surface area (Å²) in [6.07, 6.45) is 1.73. The second-order valence-corrected chi connectivity index (χ2v) is 6.44. The summed E-state index contributed by atoms with van der Waals surface area (Å²) in [5.41, 5.74) is 3.15. The molecule has 0 fully saturated rings. The first-order chi connectivity index (χ1) is 12.5. The lowest BCUT2D eigenvalue weighted by atomic mass is 10.2. The molecule has 0 saturated carbocycles. The number of nitrogens with one attached hydrogen (secondary N) is 1. The van der Waals surface area contributed by atoms with Crippen LogP contribution in [0.3, 0.4) is 0 Å². The van der Waals surface area contributed by atoms with Crippen LogP contribution in [0.4, 0.5) is 10.5 Å². The molecule has 0 aliphatic rings. The number of urea groups is 1. The van der Waals surface area contributed by atoms with Crippen LogP contribution >= 0.6 is 0 Å². The molecule has 0 saturated heterocycles. The van der Waals surface area contributed by atoms with Gasteiger partial charge >= 0.3 is 6.03 Å². The number of nitrogens with zero attached hydrogens (tertiary/aromatic N) is 4. The molecule has 3 rings (SSSR count). The van der Waals surface area contributed by atoms with Gasteiger partial charge in [0.2, 0.25) is 5.89 Å². The average Bonchev–Trinajstić information content (AvgIpc) is 3.17. The first-order valence-corrected chi connectivity index (χ1v) is 8.95. The second-order valence-electron chi connectivity index (χ2n) is 6.44. The highest BCUT2D eigenvalue weighted by atomic mass is 16.5. The fourth-order valence-electron chi connectivity index (χ4n) is 3.08. The number of carbonyl (C=O) groups excluding carboxylic acids is 1. The average molecular weight is 355 g/mol. The first kappa shape index (κ1) is 18.0. The molecule has 138 valence electrons. The molecule has 2 aromatic heterocycles. The highest BCUT2D eigenvalue weighted by Crippen LogP contribution is 2.23. The van der Waals surface area contributed by atoms with E-state index >= 15 is 0 Å². The van der Waals surface area contributed by atoms with Crippen LogP contribution in [0, 0.1) is 6.92 Å². The monoisotopic (exact) mass is 355 g/mol. The molecular weight excluding hydrogens is 330 g/mol. The quantitative estimate of drug-likeness (QED) is 0.726. The van der Waals surface area contributed by atoms with E-state index in [1.807, 2.05) is 18.2 Å². The number of amides is 2. The van der Waals surface area contributed by atoms with Crippen molar-refractivity contribution in [3.8, 4) is 0 Å². The fraction of sp³-hybridized carbons (Fsp3) is 0.421. The highest BCUT2D eigenvalue weighted by Gasteiger charge is 2.14. The van der Waals surface area contributed by atoms with Gasteiger partial charge in [-0.25, -0.2) is 4.79 Å². The molecule has 7 nitrogen and oxygen atoms in total. The maximum absolute atomic E-state index is 12.4. The number of hydrogen-bond donors (Lipinski definition) is 1. The summed E-state index contributed by atoms with van der Waals surface area (Å²) < 4.78 is 7.44. The van der Waals surface area contributed by atoms with Crippen molar-refractivity contribution in [1.29, 1.82) is 0 Å². The Kier molecular flexibility index (Phi) is 5.25. The van der Waals surface area contributed by atoms with Crippen molar-refractivity contribution in [2.75, 3.05) is 12.4 Å². The third-order valence-corrected chi connectivity index (χ3v) is 4.38. The molecule has 2 amide bonds. The maximum atomic E-state index is 12.4. The summed E-state index contributed by atoms with van der Waals surface area (Å²) in [6.45, 7) is 7.47. The summed E-state index contributed by atoms with van der Waals surface area (Å²) in [5.74, 6) is 1.12. The van der Waals surface area contributed by atoms with Crippen LogP contribution in [-0.2, 0) is 19.5 Å². The van der Waals surface area contributed by atoms with E-state index in [1.54, 1.807) is 7.05 Å². The number of fused-ring (bicyclic) bond motifs is 1. The molecule has 7 heteroatoms. The predicted octanol–water partition coefficient (Wildman–Crippen LogP) is 3.97. The zero-order chi connectivity index (χ0) is 18.7. The van der Waals surface area contributed by atoms with E-state index in [9.17, 15) is 4.79 Å². The molecule has 0 aliphatic carbocycles. The molecule has 2 heterocycles. The van der Waals surface area contributed by atoms with Gasteiger partial charge < -0.3 is 19.3 Å².